The minimum absolute atomic E-state index is 0.164. The van der Waals surface area contributed by atoms with Gasteiger partial charge in [0.1, 0.15) is 0 Å². The number of benzene rings is 2. The van der Waals surface area contributed by atoms with Gasteiger partial charge in [-0.05, 0) is 43.9 Å². The number of unbranched alkanes of at least 4 members (excludes halogenated alkanes) is 1. The van der Waals surface area contributed by atoms with Crippen LogP contribution in [0.15, 0.2) is 42.5 Å². The van der Waals surface area contributed by atoms with E-state index in [0.29, 0.717) is 35.2 Å². The molecule has 0 aliphatic carbocycles. The summed E-state index contributed by atoms with van der Waals surface area (Å²) in [5.74, 6) is 0.762. The second kappa shape index (κ2) is 9.94. The summed E-state index contributed by atoms with van der Waals surface area (Å²) < 4.78 is 10.7. The van der Waals surface area contributed by atoms with E-state index < -0.39 is 0 Å². The largest absolute Gasteiger partial charge is 0.493 e. The molecule has 0 unspecified atom stereocenters. The Kier molecular flexibility index (Phi) is 7.61. The highest BCUT2D eigenvalue weighted by atomic mass is 35.5. The number of amides is 1. The first-order valence-electron chi connectivity index (χ1n) is 8.48. The van der Waals surface area contributed by atoms with Gasteiger partial charge in [0.25, 0.3) is 5.91 Å². The molecule has 0 bridgehead atoms. The number of hydrogen-bond acceptors (Lipinski definition) is 3. The number of ether oxygens (including phenoxy) is 2. The molecule has 0 aliphatic heterocycles. The van der Waals surface area contributed by atoms with Gasteiger partial charge in [-0.15, -0.1) is 0 Å². The van der Waals surface area contributed by atoms with Crippen LogP contribution in [0.25, 0.3) is 0 Å². The van der Waals surface area contributed by atoms with E-state index in [0.717, 1.165) is 19.3 Å². The number of hydrogen-bond donors (Lipinski definition) is 1. The maximum Gasteiger partial charge on any atom is 0.251 e. The van der Waals surface area contributed by atoms with Crippen LogP contribution in [0.3, 0.4) is 0 Å². The predicted molar refractivity (Wildman–Crippen MR) is 101 cm³/mol. The molecule has 0 aliphatic rings. The number of carbonyl (C=O) groups excluding carboxylic acids is 1. The number of nitrogens with one attached hydrogen (secondary N) is 1. The van der Waals surface area contributed by atoms with Crippen molar-refractivity contribution in [3.63, 3.8) is 0 Å². The fourth-order valence-electron chi connectivity index (χ4n) is 2.54. The first kappa shape index (κ1) is 19.1. The lowest BCUT2D eigenvalue weighted by Gasteiger charge is -2.13. The Labute approximate surface area is 154 Å². The summed E-state index contributed by atoms with van der Waals surface area (Å²) in [4.78, 5) is 12.3. The Morgan fingerprint density at radius 2 is 1.92 bits per heavy atom. The molecular weight excluding hydrogens is 338 g/mol. The van der Waals surface area contributed by atoms with Crippen LogP contribution in [0.2, 0.25) is 5.02 Å². The molecule has 0 aromatic heterocycles. The van der Waals surface area contributed by atoms with Gasteiger partial charge in [0.05, 0.1) is 18.7 Å². The van der Waals surface area contributed by atoms with E-state index in [1.54, 1.807) is 12.1 Å². The third-order valence-corrected chi connectivity index (χ3v) is 4.08. The van der Waals surface area contributed by atoms with Crippen LogP contribution in [0.4, 0.5) is 0 Å². The van der Waals surface area contributed by atoms with Crippen LogP contribution in [-0.2, 0) is 6.42 Å². The zero-order chi connectivity index (χ0) is 18.1. The summed E-state index contributed by atoms with van der Waals surface area (Å²) in [6.45, 7) is 2.97. The third-order valence-electron chi connectivity index (χ3n) is 3.80. The summed E-state index contributed by atoms with van der Waals surface area (Å²) in [7, 11) is 1.53. The highest BCUT2D eigenvalue weighted by Gasteiger charge is 2.15. The molecule has 5 heteroatoms. The standard InChI is InChI=1S/C20H24ClNO3/c1-3-25-19-17(21)13-16(14-18(19)24-2)20(23)22-12-8-7-11-15-9-5-4-6-10-15/h4-6,9-10,13-14H,3,7-8,11-12H2,1-2H3,(H,22,23). The van der Waals surface area contributed by atoms with Crippen molar-refractivity contribution in [3.05, 3.63) is 58.6 Å². The molecule has 0 radical (unpaired) electrons. The molecule has 0 fully saturated rings. The van der Waals surface area contributed by atoms with E-state index in [9.17, 15) is 4.79 Å². The van der Waals surface area contributed by atoms with E-state index >= 15 is 0 Å². The lowest BCUT2D eigenvalue weighted by molar-refractivity contribution is 0.0952. The van der Waals surface area contributed by atoms with E-state index in [-0.39, 0.29) is 5.91 Å². The zero-order valence-corrected chi connectivity index (χ0v) is 15.4. The van der Waals surface area contributed by atoms with Gasteiger partial charge >= 0.3 is 0 Å². The number of halogens is 1. The normalized spacial score (nSPS) is 10.4. The van der Waals surface area contributed by atoms with Crippen LogP contribution in [0.5, 0.6) is 11.5 Å². The molecule has 25 heavy (non-hydrogen) atoms. The molecule has 0 atom stereocenters. The predicted octanol–water partition coefficient (Wildman–Crippen LogP) is 4.50. The quantitative estimate of drug-likeness (QED) is 0.669. The Hall–Kier alpha value is -2.20. The average Bonchev–Trinajstić information content (AvgIpc) is 2.63. The van der Waals surface area contributed by atoms with Gasteiger partial charge < -0.3 is 14.8 Å². The Morgan fingerprint density at radius 1 is 1.16 bits per heavy atom. The second-order valence-electron chi connectivity index (χ2n) is 5.62. The van der Waals surface area contributed by atoms with Crippen LogP contribution in [0, 0.1) is 0 Å². The monoisotopic (exact) mass is 361 g/mol. The molecule has 1 amide bonds. The first-order valence-corrected chi connectivity index (χ1v) is 8.86. The molecular formula is C20H24ClNO3. The van der Waals surface area contributed by atoms with Gasteiger partial charge in [-0.3, -0.25) is 4.79 Å². The van der Waals surface area contributed by atoms with E-state index in [2.05, 4.69) is 17.4 Å². The third kappa shape index (κ3) is 5.68. The van der Waals surface area contributed by atoms with Gasteiger partial charge in [0.2, 0.25) is 0 Å². The van der Waals surface area contributed by atoms with Crippen molar-refractivity contribution in [1.29, 1.82) is 0 Å². The van der Waals surface area contributed by atoms with Crippen molar-refractivity contribution in [2.45, 2.75) is 26.2 Å². The SMILES string of the molecule is CCOc1c(Cl)cc(C(=O)NCCCCc2ccccc2)cc1OC. The fraction of sp³-hybridized carbons (Fsp3) is 0.350. The minimum atomic E-state index is -0.164. The van der Waals surface area contributed by atoms with Crippen molar-refractivity contribution in [2.24, 2.45) is 0 Å². The van der Waals surface area contributed by atoms with Gasteiger partial charge in [-0.25, -0.2) is 0 Å². The van der Waals surface area contributed by atoms with Crippen LogP contribution >= 0.6 is 11.6 Å². The van der Waals surface area contributed by atoms with Crippen LogP contribution < -0.4 is 14.8 Å². The van der Waals surface area contributed by atoms with Gasteiger partial charge in [0, 0.05) is 12.1 Å². The maximum absolute atomic E-state index is 12.3. The summed E-state index contributed by atoms with van der Waals surface area (Å²) in [6, 6.07) is 13.6. The summed E-state index contributed by atoms with van der Waals surface area (Å²) in [6.07, 6.45) is 2.96. The highest BCUT2D eigenvalue weighted by molar-refractivity contribution is 6.32. The molecule has 0 saturated carbocycles. The van der Waals surface area contributed by atoms with Crippen molar-refractivity contribution < 1.29 is 14.3 Å². The van der Waals surface area contributed by atoms with Crippen LogP contribution in [-0.4, -0.2) is 26.2 Å². The molecule has 134 valence electrons. The topological polar surface area (TPSA) is 47.6 Å². The number of rotatable bonds is 9. The number of methoxy groups -OCH3 is 1. The van der Waals surface area contributed by atoms with Crippen molar-refractivity contribution in [1.82, 2.24) is 5.32 Å². The summed E-state index contributed by atoms with van der Waals surface area (Å²) in [5, 5.41) is 3.29. The molecule has 0 heterocycles. The van der Waals surface area contributed by atoms with Crippen molar-refractivity contribution in [2.75, 3.05) is 20.3 Å². The zero-order valence-electron chi connectivity index (χ0n) is 14.7. The minimum Gasteiger partial charge on any atom is -0.493 e. The second-order valence-corrected chi connectivity index (χ2v) is 6.03. The van der Waals surface area contributed by atoms with Crippen molar-refractivity contribution in [3.8, 4) is 11.5 Å². The molecule has 2 rings (SSSR count). The fourth-order valence-corrected chi connectivity index (χ4v) is 2.80. The van der Waals surface area contributed by atoms with Crippen LogP contribution in [0.1, 0.15) is 35.7 Å². The molecule has 0 spiro atoms. The Morgan fingerprint density at radius 3 is 2.60 bits per heavy atom. The van der Waals surface area contributed by atoms with Gasteiger partial charge in [-0.2, -0.15) is 0 Å². The average molecular weight is 362 g/mol. The Bertz CT molecular complexity index is 689. The number of aryl methyl sites for hydroxylation is 1. The highest BCUT2D eigenvalue weighted by Crippen LogP contribution is 2.36. The first-order chi connectivity index (χ1) is 12.2. The number of carbonyl (C=O) groups is 1. The molecule has 4 nitrogen and oxygen atoms in total. The molecule has 0 saturated heterocycles. The van der Waals surface area contributed by atoms with E-state index in [1.165, 1.54) is 12.7 Å². The smallest absolute Gasteiger partial charge is 0.251 e. The van der Waals surface area contributed by atoms with E-state index in [4.69, 9.17) is 21.1 Å². The molecule has 2 aromatic rings. The van der Waals surface area contributed by atoms with Gasteiger partial charge in [0.15, 0.2) is 11.5 Å². The van der Waals surface area contributed by atoms with E-state index in [1.807, 2.05) is 25.1 Å². The molecule has 2 aromatic carbocycles. The lowest BCUT2D eigenvalue weighted by Crippen LogP contribution is -2.24. The Balaban J connectivity index is 1.85. The lowest BCUT2D eigenvalue weighted by atomic mass is 10.1. The van der Waals surface area contributed by atoms with Crippen molar-refractivity contribution >= 4 is 17.5 Å². The van der Waals surface area contributed by atoms with Gasteiger partial charge in [-0.1, -0.05) is 41.9 Å². The molecule has 1 N–H and O–H groups in total. The summed E-state index contributed by atoms with van der Waals surface area (Å²) in [5.41, 5.74) is 1.78. The summed E-state index contributed by atoms with van der Waals surface area (Å²) >= 11 is 6.20. The maximum atomic E-state index is 12.3.